The van der Waals surface area contributed by atoms with Crippen LogP contribution in [0.4, 0.5) is 9.93 Å². The van der Waals surface area contributed by atoms with Gasteiger partial charge in [0.15, 0.2) is 0 Å². The van der Waals surface area contributed by atoms with Gasteiger partial charge in [-0.05, 0) is 12.8 Å². The van der Waals surface area contributed by atoms with Gasteiger partial charge >= 0.3 is 6.09 Å². The second kappa shape index (κ2) is 9.37. The number of aromatic nitrogens is 2. The number of hydrogen-bond donors (Lipinski definition) is 4. The average molecular weight is 365 g/mol. The lowest BCUT2D eigenvalue weighted by molar-refractivity contribution is -0.116. The first-order chi connectivity index (χ1) is 10.8. The lowest BCUT2D eigenvalue weighted by Gasteiger charge is -2.02. The third-order valence-electron chi connectivity index (χ3n) is 2.75. The van der Waals surface area contributed by atoms with Crippen molar-refractivity contribution in [1.29, 1.82) is 0 Å². The molecule has 0 saturated heterocycles. The summed E-state index contributed by atoms with van der Waals surface area (Å²) in [6.45, 7) is 0.430. The number of unbranched alkanes of at least 4 members (excludes halogenated alkanes) is 4. The molecule has 0 aliphatic carbocycles. The van der Waals surface area contributed by atoms with Crippen LogP contribution in [0.2, 0.25) is 0 Å². The van der Waals surface area contributed by atoms with E-state index in [1.54, 1.807) is 0 Å². The van der Waals surface area contributed by atoms with Gasteiger partial charge in [-0.1, -0.05) is 30.6 Å². The smallest absolute Gasteiger partial charge is 0.404 e. The van der Waals surface area contributed by atoms with Gasteiger partial charge in [0.2, 0.25) is 15.4 Å². The number of amides is 2. The molecule has 0 saturated carbocycles. The molecule has 0 fully saturated rings. The van der Waals surface area contributed by atoms with Crippen LogP contribution in [0.1, 0.15) is 38.5 Å². The summed E-state index contributed by atoms with van der Waals surface area (Å²) >= 11 is 0.701. The van der Waals surface area contributed by atoms with Crippen molar-refractivity contribution in [3.8, 4) is 0 Å². The van der Waals surface area contributed by atoms with E-state index in [2.05, 4.69) is 20.8 Å². The van der Waals surface area contributed by atoms with Gasteiger partial charge in [-0.25, -0.2) is 18.4 Å². The van der Waals surface area contributed by atoms with Gasteiger partial charge in [0.1, 0.15) is 0 Å². The van der Waals surface area contributed by atoms with Crippen molar-refractivity contribution in [3.63, 3.8) is 0 Å². The number of rotatable bonds is 10. The van der Waals surface area contributed by atoms with Crippen LogP contribution in [0.25, 0.3) is 0 Å². The van der Waals surface area contributed by atoms with Crippen LogP contribution in [0.3, 0.4) is 0 Å². The minimum atomic E-state index is -3.90. The van der Waals surface area contributed by atoms with Crippen LogP contribution in [-0.2, 0) is 14.8 Å². The minimum absolute atomic E-state index is 0.0961. The Kier molecular flexibility index (Phi) is 7.85. The fourth-order valence-electron chi connectivity index (χ4n) is 1.69. The Hall–Kier alpha value is -1.79. The highest BCUT2D eigenvalue weighted by atomic mass is 32.2. The van der Waals surface area contributed by atoms with Crippen LogP contribution in [0, 0.1) is 0 Å². The predicted molar refractivity (Wildman–Crippen MR) is 83.6 cm³/mol. The highest BCUT2D eigenvalue weighted by Gasteiger charge is 2.16. The van der Waals surface area contributed by atoms with E-state index in [9.17, 15) is 18.0 Å². The maximum absolute atomic E-state index is 11.7. The molecule has 1 heterocycles. The van der Waals surface area contributed by atoms with Crippen LogP contribution >= 0.6 is 11.3 Å². The predicted octanol–water partition coefficient (Wildman–Crippen LogP) is 0.732. The first kappa shape index (κ1) is 19.3. The number of nitrogens with zero attached hydrogens (tertiary/aromatic N) is 2. The second-order valence-electron chi connectivity index (χ2n) is 4.72. The number of sulfonamides is 1. The van der Waals surface area contributed by atoms with Crippen molar-refractivity contribution in [2.75, 3.05) is 11.9 Å². The Bertz CT molecular complexity index is 631. The summed E-state index contributed by atoms with van der Waals surface area (Å²) in [5.74, 6) is -0.269. The van der Waals surface area contributed by atoms with E-state index < -0.39 is 16.1 Å². The molecule has 2 amide bonds. The van der Waals surface area contributed by atoms with Gasteiger partial charge in [-0.2, -0.15) is 0 Å². The van der Waals surface area contributed by atoms with Gasteiger partial charge in [0.05, 0.1) is 0 Å². The zero-order chi connectivity index (χ0) is 17.3. The number of nitrogens with one attached hydrogen (secondary N) is 2. The van der Waals surface area contributed by atoms with Crippen molar-refractivity contribution in [3.05, 3.63) is 0 Å². The minimum Gasteiger partial charge on any atom is -0.465 e. The zero-order valence-electron chi connectivity index (χ0n) is 12.3. The van der Waals surface area contributed by atoms with E-state index in [0.29, 0.717) is 24.3 Å². The normalized spacial score (nSPS) is 11.2. The summed E-state index contributed by atoms with van der Waals surface area (Å²) in [6, 6.07) is 0. The number of carbonyl (C=O) groups excluding carboxylic acids is 1. The van der Waals surface area contributed by atoms with E-state index in [1.165, 1.54) is 0 Å². The summed E-state index contributed by atoms with van der Waals surface area (Å²) in [7, 11) is -3.90. The fourth-order valence-corrected chi connectivity index (χ4v) is 3.04. The molecular weight excluding hydrogens is 346 g/mol. The molecule has 0 aliphatic heterocycles. The van der Waals surface area contributed by atoms with E-state index in [4.69, 9.17) is 10.2 Å². The Morgan fingerprint density at radius 3 is 2.39 bits per heavy atom. The van der Waals surface area contributed by atoms with Gasteiger partial charge in [-0.15, -0.1) is 10.2 Å². The summed E-state index contributed by atoms with van der Waals surface area (Å²) in [6.07, 6.45) is 3.35. The maximum Gasteiger partial charge on any atom is 0.404 e. The maximum atomic E-state index is 11.7. The van der Waals surface area contributed by atoms with Gasteiger partial charge in [0.25, 0.3) is 10.0 Å². The summed E-state index contributed by atoms with van der Waals surface area (Å²) in [5, 5.41) is 25.0. The third kappa shape index (κ3) is 8.42. The van der Waals surface area contributed by atoms with E-state index in [-0.39, 0.29) is 21.8 Å². The highest BCUT2D eigenvalue weighted by molar-refractivity contribution is 7.91. The molecule has 5 N–H and O–H groups in total. The van der Waals surface area contributed by atoms with Crippen molar-refractivity contribution in [1.82, 2.24) is 15.5 Å². The molecule has 0 spiro atoms. The first-order valence-corrected chi connectivity index (χ1v) is 9.28. The molecule has 130 valence electrons. The Labute approximate surface area is 137 Å². The molecule has 0 unspecified atom stereocenters. The third-order valence-corrected chi connectivity index (χ3v) is 4.90. The van der Waals surface area contributed by atoms with Crippen LogP contribution in [0.5, 0.6) is 0 Å². The average Bonchev–Trinajstić information content (AvgIpc) is 2.90. The molecule has 1 aromatic rings. The molecule has 23 heavy (non-hydrogen) atoms. The van der Waals surface area contributed by atoms with E-state index >= 15 is 0 Å². The van der Waals surface area contributed by atoms with Crippen LogP contribution in [0.15, 0.2) is 4.34 Å². The van der Waals surface area contributed by atoms with Crippen LogP contribution < -0.4 is 15.8 Å². The lowest BCUT2D eigenvalue weighted by Crippen LogP contribution is -2.21. The van der Waals surface area contributed by atoms with Crippen molar-refractivity contribution in [2.24, 2.45) is 5.14 Å². The molecule has 12 heteroatoms. The number of hydrogen-bond acceptors (Lipinski definition) is 7. The molecule has 0 aliphatic rings. The number of carboxylic acid groups (broad SMARTS) is 1. The summed E-state index contributed by atoms with van der Waals surface area (Å²) in [4.78, 5) is 21.9. The van der Waals surface area contributed by atoms with Crippen LogP contribution in [-0.4, -0.2) is 42.3 Å². The molecule has 0 radical (unpaired) electrons. The molecule has 0 aromatic carbocycles. The van der Waals surface area contributed by atoms with Gasteiger partial charge in [0, 0.05) is 13.0 Å². The Morgan fingerprint density at radius 2 is 1.78 bits per heavy atom. The Balaban J connectivity index is 2.13. The topological polar surface area (TPSA) is 164 Å². The van der Waals surface area contributed by atoms with E-state index in [0.717, 1.165) is 25.7 Å². The molecule has 0 bridgehead atoms. The second-order valence-corrected chi connectivity index (χ2v) is 7.43. The fraction of sp³-hybridized carbons (Fsp3) is 0.636. The molecular formula is C11H19N5O5S2. The number of primary sulfonamides is 1. The van der Waals surface area contributed by atoms with Gasteiger partial charge in [-0.3, -0.25) is 4.79 Å². The largest absolute Gasteiger partial charge is 0.465 e. The summed E-state index contributed by atoms with van der Waals surface area (Å²) in [5.41, 5.74) is 0. The molecule has 1 rings (SSSR count). The molecule has 10 nitrogen and oxygen atoms in total. The monoisotopic (exact) mass is 365 g/mol. The lowest BCUT2D eigenvalue weighted by atomic mass is 10.1. The first-order valence-electron chi connectivity index (χ1n) is 6.92. The number of anilines is 1. The highest BCUT2D eigenvalue weighted by Crippen LogP contribution is 2.18. The SMILES string of the molecule is NS(=O)(=O)c1nnc(NC(=O)CCCCCCCNC(=O)O)s1. The molecule has 1 aromatic heterocycles. The Morgan fingerprint density at radius 1 is 1.13 bits per heavy atom. The van der Waals surface area contributed by atoms with Crippen molar-refractivity contribution >= 4 is 38.5 Å². The van der Waals surface area contributed by atoms with Crippen molar-refractivity contribution < 1.29 is 23.1 Å². The number of nitrogens with two attached hydrogens (primary N) is 1. The standard InChI is InChI=1S/C11H19N5O5S2/c12-23(20,21)11-16-15-9(22-11)14-8(17)6-4-2-1-3-5-7-13-10(18)19/h13H,1-7H2,(H,18,19)(H2,12,20,21)(H,14,15,17). The summed E-state index contributed by atoms with van der Waals surface area (Å²) < 4.78 is 21.7. The zero-order valence-corrected chi connectivity index (χ0v) is 14.0. The quantitative estimate of drug-likeness (QED) is 0.350. The van der Waals surface area contributed by atoms with Gasteiger partial charge < -0.3 is 15.7 Å². The van der Waals surface area contributed by atoms with E-state index in [1.807, 2.05) is 0 Å². The molecule has 0 atom stereocenters. The van der Waals surface area contributed by atoms with Crippen molar-refractivity contribution in [2.45, 2.75) is 42.9 Å². The number of carbonyl (C=O) groups is 2.